The monoisotopic (exact) mass is 869 g/mol. The summed E-state index contributed by atoms with van der Waals surface area (Å²) in [5, 5.41) is 7.55. The number of alkyl halides is 2. The third-order valence-electron chi connectivity index (χ3n) is 10.4. The molecule has 3 aliphatic rings. The van der Waals surface area contributed by atoms with Crippen molar-refractivity contribution < 1.29 is 9.59 Å². The van der Waals surface area contributed by atoms with Gasteiger partial charge in [-0.05, 0) is 119 Å². The van der Waals surface area contributed by atoms with Crippen LogP contribution < -0.4 is 5.32 Å². The fraction of sp³-hybridized carbons (Fsp3) is 0.667. The fourth-order valence-corrected chi connectivity index (χ4v) is 8.67. The van der Waals surface area contributed by atoms with Crippen LogP contribution in [0.4, 0.5) is 0 Å². The summed E-state index contributed by atoms with van der Waals surface area (Å²) in [5.74, 6) is 1.31. The molecule has 0 bridgehead atoms. The number of imide groups is 1. The van der Waals surface area contributed by atoms with E-state index in [4.69, 9.17) is 23.2 Å². The van der Waals surface area contributed by atoms with Gasteiger partial charge in [0.1, 0.15) is 0 Å². The lowest BCUT2D eigenvalue weighted by Crippen LogP contribution is -2.33. The second kappa shape index (κ2) is 27.6. The number of nitrogens with one attached hydrogen (secondary N) is 1. The first kappa shape index (κ1) is 44.4. The number of carbonyl (C=O) groups excluding carboxylic acids is 2. The minimum absolute atomic E-state index is 0.0170. The molecular formula is C42H63Br2Cl2N3O2. The highest BCUT2D eigenvalue weighted by atomic mass is 79.9. The van der Waals surface area contributed by atoms with Crippen molar-refractivity contribution in [3.05, 3.63) is 69.7 Å². The molecule has 2 aromatic carbocycles. The van der Waals surface area contributed by atoms with E-state index in [1.165, 1.54) is 136 Å². The minimum atomic E-state index is 0.0170. The van der Waals surface area contributed by atoms with Crippen molar-refractivity contribution in [2.75, 3.05) is 49.9 Å². The van der Waals surface area contributed by atoms with Crippen LogP contribution in [0.15, 0.2) is 48.5 Å². The molecule has 2 amide bonds. The smallest absolute Gasteiger partial charge is 0.229 e. The minimum Gasteiger partial charge on any atom is -0.317 e. The van der Waals surface area contributed by atoms with Gasteiger partial charge in [-0.1, -0.05) is 143 Å². The molecule has 3 fully saturated rings. The van der Waals surface area contributed by atoms with Crippen LogP contribution in [0.1, 0.15) is 139 Å². The lowest BCUT2D eigenvalue weighted by molar-refractivity contribution is -0.138. The lowest BCUT2D eigenvalue weighted by Gasteiger charge is -2.32. The molecule has 286 valence electrons. The number of carbonyl (C=O) groups is 2. The van der Waals surface area contributed by atoms with Crippen molar-refractivity contribution >= 4 is 66.9 Å². The molecule has 0 saturated carbocycles. The van der Waals surface area contributed by atoms with Crippen LogP contribution in [0, 0.1) is 0 Å². The highest BCUT2D eigenvalue weighted by molar-refractivity contribution is 9.09. The number of halogens is 4. The topological polar surface area (TPSA) is 52.7 Å². The van der Waals surface area contributed by atoms with Gasteiger partial charge in [-0.25, -0.2) is 0 Å². The zero-order chi connectivity index (χ0) is 36.5. The molecule has 0 radical (unpaired) electrons. The Morgan fingerprint density at radius 2 is 0.980 bits per heavy atom. The molecule has 2 aromatic rings. The van der Waals surface area contributed by atoms with Crippen molar-refractivity contribution in [3.8, 4) is 0 Å². The third-order valence-corrected chi connectivity index (χ3v) is 12.2. The molecule has 1 N–H and O–H groups in total. The van der Waals surface area contributed by atoms with E-state index < -0.39 is 0 Å². The van der Waals surface area contributed by atoms with Crippen LogP contribution in [0.3, 0.4) is 0 Å². The van der Waals surface area contributed by atoms with E-state index in [1.54, 1.807) is 0 Å². The van der Waals surface area contributed by atoms with E-state index in [9.17, 15) is 9.59 Å². The van der Waals surface area contributed by atoms with E-state index in [1.807, 2.05) is 24.3 Å². The van der Waals surface area contributed by atoms with Gasteiger partial charge in [0, 0.05) is 40.1 Å². The van der Waals surface area contributed by atoms with Crippen molar-refractivity contribution in [2.24, 2.45) is 0 Å². The highest BCUT2D eigenvalue weighted by Crippen LogP contribution is 2.33. The Kier molecular flexibility index (Phi) is 24.0. The van der Waals surface area contributed by atoms with Crippen LogP contribution in [0.25, 0.3) is 0 Å². The van der Waals surface area contributed by atoms with Gasteiger partial charge in [0.2, 0.25) is 11.8 Å². The normalized spacial score (nSPS) is 17.2. The predicted octanol–water partition coefficient (Wildman–Crippen LogP) is 11.9. The molecule has 3 heterocycles. The zero-order valence-corrected chi connectivity index (χ0v) is 35.6. The molecular weight excluding hydrogens is 809 g/mol. The molecule has 3 aliphatic heterocycles. The number of unbranched alkanes of at least 4 members (excludes halogenated alkanes) is 10. The highest BCUT2D eigenvalue weighted by Gasteiger charge is 2.28. The number of nitrogens with zero attached hydrogens (tertiary/aromatic N) is 2. The maximum Gasteiger partial charge on any atom is 0.229 e. The third kappa shape index (κ3) is 17.8. The lowest BCUT2D eigenvalue weighted by atomic mass is 9.89. The van der Waals surface area contributed by atoms with Crippen molar-refractivity contribution in [2.45, 2.75) is 127 Å². The van der Waals surface area contributed by atoms with Crippen LogP contribution in [-0.2, 0) is 9.59 Å². The summed E-state index contributed by atoms with van der Waals surface area (Å²) >= 11 is 19.3. The van der Waals surface area contributed by atoms with Gasteiger partial charge in [0.25, 0.3) is 0 Å². The molecule has 0 aliphatic carbocycles. The molecule has 0 spiro atoms. The van der Waals surface area contributed by atoms with Crippen LogP contribution in [-0.4, -0.2) is 71.5 Å². The van der Waals surface area contributed by atoms with Crippen LogP contribution in [0.2, 0.25) is 10.0 Å². The van der Waals surface area contributed by atoms with Gasteiger partial charge in [0.15, 0.2) is 0 Å². The Morgan fingerprint density at radius 1 is 0.569 bits per heavy atom. The van der Waals surface area contributed by atoms with E-state index in [-0.39, 0.29) is 11.8 Å². The number of hydrogen-bond donors (Lipinski definition) is 1. The number of hydrogen-bond acceptors (Lipinski definition) is 4. The van der Waals surface area contributed by atoms with Crippen molar-refractivity contribution in [1.29, 1.82) is 0 Å². The Bertz CT molecular complexity index is 1210. The van der Waals surface area contributed by atoms with Gasteiger partial charge >= 0.3 is 0 Å². The van der Waals surface area contributed by atoms with Gasteiger partial charge in [-0.2, -0.15) is 0 Å². The van der Waals surface area contributed by atoms with Crippen LogP contribution >= 0.6 is 55.1 Å². The molecule has 5 nitrogen and oxygen atoms in total. The van der Waals surface area contributed by atoms with Gasteiger partial charge in [-0.15, -0.1) is 0 Å². The molecule has 3 saturated heterocycles. The van der Waals surface area contributed by atoms with Gasteiger partial charge in [-0.3, -0.25) is 14.5 Å². The van der Waals surface area contributed by atoms with E-state index >= 15 is 0 Å². The predicted molar refractivity (Wildman–Crippen MR) is 225 cm³/mol. The number of amides is 2. The summed E-state index contributed by atoms with van der Waals surface area (Å²) in [6.07, 6.45) is 21.0. The quantitative estimate of drug-likeness (QED) is 0.0921. The van der Waals surface area contributed by atoms with E-state index in [2.05, 4.69) is 66.3 Å². The first-order chi connectivity index (χ1) is 24.9. The standard InChI is InChI=1S/C23H33ClN2O2.C11H14ClN.C8H16Br2/c24-21-10-6-5-9-20(21)19-13-17-25(18-14-19)15-7-3-1-2-4-8-16-26-22(27)11-12-23(26)28;12-11-4-2-1-3-10(11)9-5-7-13-8-6-9;9-7-5-3-1-2-4-6-8-10/h5-6,9-10,19H,1-4,7-8,11-18H2;1-4,9,13H,5-8H2;1-8H2. The van der Waals surface area contributed by atoms with Crippen LogP contribution in [0.5, 0.6) is 0 Å². The average molecular weight is 873 g/mol. The number of likely N-dealkylation sites (tertiary alicyclic amines) is 2. The molecule has 0 unspecified atom stereocenters. The van der Waals surface area contributed by atoms with Gasteiger partial charge < -0.3 is 10.2 Å². The molecule has 51 heavy (non-hydrogen) atoms. The summed E-state index contributed by atoms with van der Waals surface area (Å²) in [6, 6.07) is 16.5. The number of benzene rings is 2. The second-order valence-electron chi connectivity index (χ2n) is 14.2. The summed E-state index contributed by atoms with van der Waals surface area (Å²) in [6.45, 7) is 6.41. The van der Waals surface area contributed by atoms with E-state index in [0.717, 1.165) is 36.0 Å². The Hall–Kier alpha value is -0.960. The van der Waals surface area contributed by atoms with Crippen molar-refractivity contribution in [3.63, 3.8) is 0 Å². The zero-order valence-electron chi connectivity index (χ0n) is 30.9. The summed E-state index contributed by atoms with van der Waals surface area (Å²) < 4.78 is 0. The number of rotatable bonds is 18. The van der Waals surface area contributed by atoms with E-state index in [0.29, 0.717) is 31.2 Å². The SMILES string of the molecule is BrCCCCCCCCBr.Clc1ccccc1C1CCNCC1.O=C1CCC(=O)N1CCCCCCCCN1CCC(c2ccccc2Cl)CC1. The Balaban J connectivity index is 0.000000251. The summed E-state index contributed by atoms with van der Waals surface area (Å²) in [4.78, 5) is 27.1. The second-order valence-corrected chi connectivity index (χ2v) is 16.6. The first-order valence-corrected chi connectivity index (χ1v) is 22.8. The maximum atomic E-state index is 11.6. The first-order valence-electron chi connectivity index (χ1n) is 19.8. The summed E-state index contributed by atoms with van der Waals surface area (Å²) in [5.41, 5.74) is 2.65. The molecule has 5 rings (SSSR count). The average Bonchev–Trinajstić information content (AvgIpc) is 3.48. The molecule has 9 heteroatoms. The largest absolute Gasteiger partial charge is 0.317 e. The Morgan fingerprint density at radius 3 is 1.45 bits per heavy atom. The molecule has 0 aromatic heterocycles. The number of piperidine rings is 2. The summed E-state index contributed by atoms with van der Waals surface area (Å²) in [7, 11) is 0. The molecule has 0 atom stereocenters. The maximum absolute atomic E-state index is 11.6. The Labute approximate surface area is 336 Å². The van der Waals surface area contributed by atoms with Crippen molar-refractivity contribution in [1.82, 2.24) is 15.1 Å². The fourth-order valence-electron chi connectivity index (χ4n) is 7.29. The van der Waals surface area contributed by atoms with Gasteiger partial charge in [0.05, 0.1) is 0 Å².